The highest BCUT2D eigenvalue weighted by Gasteiger charge is 2.39. The van der Waals surface area contributed by atoms with Crippen LogP contribution >= 0.6 is 7.60 Å². The Morgan fingerprint density at radius 3 is 2.61 bits per heavy atom. The predicted octanol–water partition coefficient (Wildman–Crippen LogP) is 3.37. The monoisotopic (exact) mass is 269 g/mol. The minimum Gasteiger partial charge on any atom is -0.357 e. The fourth-order valence-electron chi connectivity index (χ4n) is 1.84. The third-order valence-corrected chi connectivity index (χ3v) is 4.88. The lowest BCUT2D eigenvalue weighted by Gasteiger charge is -2.26. The average Bonchev–Trinajstić information content (AvgIpc) is 2.38. The lowest BCUT2D eigenvalue weighted by atomic mass is 10.1. The van der Waals surface area contributed by atoms with Gasteiger partial charge in [-0.15, -0.1) is 0 Å². The van der Waals surface area contributed by atoms with E-state index in [0.29, 0.717) is 19.0 Å². The summed E-state index contributed by atoms with van der Waals surface area (Å²) in [4.78, 5) is 5.14. The number of nitrogens with zero attached hydrogens (tertiary/aromatic N) is 1. The number of benzene rings is 1. The van der Waals surface area contributed by atoms with Crippen LogP contribution in [0.5, 0.6) is 5.75 Å². The van der Waals surface area contributed by atoms with E-state index >= 15 is 0 Å². The number of oxime groups is 1. The number of fused-ring (bicyclic) bond motifs is 1. The summed E-state index contributed by atoms with van der Waals surface area (Å²) >= 11 is 0. The van der Waals surface area contributed by atoms with Crippen LogP contribution in [0.4, 0.5) is 0 Å². The van der Waals surface area contributed by atoms with Crippen LogP contribution in [0.2, 0.25) is 0 Å². The van der Waals surface area contributed by atoms with Gasteiger partial charge in [0.2, 0.25) is 0 Å². The summed E-state index contributed by atoms with van der Waals surface area (Å²) in [6.45, 7) is 4.22. The van der Waals surface area contributed by atoms with Crippen molar-refractivity contribution in [3.05, 3.63) is 29.8 Å². The Morgan fingerprint density at radius 2 is 1.94 bits per heavy atom. The third kappa shape index (κ3) is 2.48. The molecule has 5 nitrogen and oxygen atoms in total. The van der Waals surface area contributed by atoms with E-state index in [4.69, 9.17) is 13.9 Å². The topological polar surface area (TPSA) is 57.1 Å². The molecule has 0 N–H and O–H groups in total. The molecule has 1 atom stereocenters. The van der Waals surface area contributed by atoms with Crippen molar-refractivity contribution >= 4 is 13.8 Å². The molecular weight excluding hydrogens is 253 g/mol. The maximum absolute atomic E-state index is 12.7. The molecule has 0 aliphatic carbocycles. The number of para-hydroxylation sites is 1. The van der Waals surface area contributed by atoms with Crippen LogP contribution in [0.15, 0.2) is 29.4 Å². The number of rotatable bonds is 5. The molecule has 18 heavy (non-hydrogen) atoms. The van der Waals surface area contributed by atoms with Crippen LogP contribution in [0.25, 0.3) is 0 Å². The second-order valence-electron chi connectivity index (χ2n) is 3.70. The first kappa shape index (κ1) is 13.3. The highest BCUT2D eigenvalue weighted by atomic mass is 31.2. The quantitative estimate of drug-likeness (QED) is 0.769. The first-order chi connectivity index (χ1) is 8.71. The second-order valence-corrected chi connectivity index (χ2v) is 5.86. The molecule has 0 saturated carbocycles. The SMILES string of the molecule is CCOP(=O)(OCC)C1C=NOc2ccccc21. The van der Waals surface area contributed by atoms with Crippen LogP contribution < -0.4 is 4.84 Å². The van der Waals surface area contributed by atoms with Gasteiger partial charge in [-0.3, -0.25) is 4.57 Å². The molecule has 1 unspecified atom stereocenters. The van der Waals surface area contributed by atoms with E-state index in [-0.39, 0.29) is 0 Å². The Balaban J connectivity index is 2.39. The molecule has 1 aliphatic heterocycles. The van der Waals surface area contributed by atoms with Gasteiger partial charge in [-0.2, -0.15) is 0 Å². The van der Waals surface area contributed by atoms with E-state index in [1.807, 2.05) is 18.2 Å². The Labute approximate surface area is 106 Å². The molecule has 1 aromatic carbocycles. The molecule has 0 amide bonds. The van der Waals surface area contributed by atoms with E-state index in [1.165, 1.54) is 6.21 Å². The van der Waals surface area contributed by atoms with E-state index in [1.54, 1.807) is 19.9 Å². The summed E-state index contributed by atoms with van der Waals surface area (Å²) in [5.41, 5.74) is 0.264. The van der Waals surface area contributed by atoms with Gasteiger partial charge in [0.15, 0.2) is 5.75 Å². The van der Waals surface area contributed by atoms with Crippen LogP contribution in [0, 0.1) is 0 Å². The van der Waals surface area contributed by atoms with Crippen LogP contribution in [0.3, 0.4) is 0 Å². The van der Waals surface area contributed by atoms with Crippen molar-refractivity contribution < 1.29 is 18.5 Å². The van der Waals surface area contributed by atoms with Gasteiger partial charge in [0, 0.05) is 5.56 Å². The minimum atomic E-state index is -3.26. The molecule has 6 heteroatoms. The fraction of sp³-hybridized carbons (Fsp3) is 0.417. The summed E-state index contributed by atoms with van der Waals surface area (Å²) in [7, 11) is -3.26. The highest BCUT2D eigenvalue weighted by molar-refractivity contribution is 7.55. The van der Waals surface area contributed by atoms with E-state index in [0.717, 1.165) is 5.56 Å². The third-order valence-electron chi connectivity index (χ3n) is 2.55. The van der Waals surface area contributed by atoms with E-state index < -0.39 is 13.3 Å². The minimum absolute atomic E-state index is 0.324. The van der Waals surface area contributed by atoms with Crippen molar-refractivity contribution in [2.75, 3.05) is 13.2 Å². The van der Waals surface area contributed by atoms with E-state index in [2.05, 4.69) is 5.16 Å². The summed E-state index contributed by atoms with van der Waals surface area (Å²) in [6.07, 6.45) is 1.48. The summed E-state index contributed by atoms with van der Waals surface area (Å²) in [5, 5.41) is 3.77. The van der Waals surface area contributed by atoms with Crippen molar-refractivity contribution in [1.82, 2.24) is 0 Å². The standard InChI is InChI=1S/C12H16NO4P/c1-3-15-18(14,16-4-2)12-9-13-17-11-8-6-5-7-10(11)12/h5-9,12H,3-4H2,1-2H3. The molecule has 1 heterocycles. The summed E-state index contributed by atoms with van der Waals surface area (Å²) in [6, 6.07) is 7.32. The molecule has 0 aromatic heterocycles. The molecule has 0 spiro atoms. The Hall–Kier alpha value is -1.16. The summed E-state index contributed by atoms with van der Waals surface area (Å²) < 4.78 is 23.4. The number of hydrogen-bond donors (Lipinski definition) is 0. The highest BCUT2D eigenvalue weighted by Crippen LogP contribution is 2.61. The van der Waals surface area contributed by atoms with Gasteiger partial charge in [-0.25, -0.2) is 0 Å². The predicted molar refractivity (Wildman–Crippen MR) is 69.2 cm³/mol. The largest absolute Gasteiger partial charge is 0.357 e. The van der Waals surface area contributed by atoms with Gasteiger partial charge < -0.3 is 13.9 Å². The summed E-state index contributed by atoms with van der Waals surface area (Å²) in [5.74, 6) is 0.588. The smallest absolute Gasteiger partial charge is 0.343 e. The van der Waals surface area contributed by atoms with Crippen molar-refractivity contribution in [1.29, 1.82) is 0 Å². The molecule has 0 saturated heterocycles. The molecule has 0 radical (unpaired) electrons. The molecule has 98 valence electrons. The molecular formula is C12H16NO4P. The van der Waals surface area contributed by atoms with Crippen LogP contribution in [-0.2, 0) is 13.6 Å². The zero-order chi connectivity index (χ0) is 13.0. The van der Waals surface area contributed by atoms with Gasteiger partial charge >= 0.3 is 7.60 Å². The lowest BCUT2D eigenvalue weighted by Crippen LogP contribution is -2.12. The molecule has 1 aliphatic rings. The van der Waals surface area contributed by atoms with Crippen molar-refractivity contribution in [3.8, 4) is 5.75 Å². The van der Waals surface area contributed by atoms with Crippen molar-refractivity contribution in [2.45, 2.75) is 19.5 Å². The molecule has 1 aromatic rings. The van der Waals surface area contributed by atoms with Crippen molar-refractivity contribution in [3.63, 3.8) is 0 Å². The normalized spacial score (nSPS) is 18.2. The van der Waals surface area contributed by atoms with Gasteiger partial charge in [0.05, 0.1) is 19.4 Å². The molecule has 0 fully saturated rings. The fourth-order valence-corrected chi connectivity index (χ4v) is 3.73. The van der Waals surface area contributed by atoms with Gasteiger partial charge in [-0.1, -0.05) is 23.4 Å². The first-order valence-electron chi connectivity index (χ1n) is 5.89. The number of hydrogen-bond acceptors (Lipinski definition) is 5. The van der Waals surface area contributed by atoms with Gasteiger partial charge in [0.1, 0.15) is 5.66 Å². The molecule has 2 rings (SSSR count). The Kier molecular flexibility index (Phi) is 4.17. The second kappa shape index (κ2) is 5.65. The average molecular weight is 269 g/mol. The first-order valence-corrected chi connectivity index (χ1v) is 7.50. The Morgan fingerprint density at radius 1 is 1.28 bits per heavy atom. The Bertz CT molecular complexity index is 479. The van der Waals surface area contributed by atoms with Crippen molar-refractivity contribution in [2.24, 2.45) is 5.16 Å². The maximum atomic E-state index is 12.7. The zero-order valence-electron chi connectivity index (χ0n) is 10.4. The van der Waals surface area contributed by atoms with Crippen LogP contribution in [-0.4, -0.2) is 19.4 Å². The molecule has 0 bridgehead atoms. The zero-order valence-corrected chi connectivity index (χ0v) is 11.3. The van der Waals surface area contributed by atoms with Gasteiger partial charge in [-0.05, 0) is 19.9 Å². The lowest BCUT2D eigenvalue weighted by molar-refractivity contribution is 0.215. The van der Waals surface area contributed by atoms with E-state index in [9.17, 15) is 4.57 Å². The maximum Gasteiger partial charge on any atom is 0.343 e. The van der Waals surface area contributed by atoms with Gasteiger partial charge in [0.25, 0.3) is 0 Å². The van der Waals surface area contributed by atoms with Crippen LogP contribution in [0.1, 0.15) is 25.1 Å².